The molecule has 0 aliphatic heterocycles. The van der Waals surface area contributed by atoms with Crippen LogP contribution in [0, 0.1) is 0 Å². The summed E-state index contributed by atoms with van der Waals surface area (Å²) in [7, 11) is 0. The SMILES string of the molecule is CCCOc1ncnc(NCC(O)(CC)CC)c1N. The molecule has 0 aliphatic rings. The number of nitrogens with two attached hydrogens (primary N) is 1. The highest BCUT2D eigenvalue weighted by Crippen LogP contribution is 2.25. The number of anilines is 2. The Morgan fingerprint density at radius 2 is 2.00 bits per heavy atom. The average molecular weight is 268 g/mol. The minimum atomic E-state index is -0.748. The third-order valence-electron chi connectivity index (χ3n) is 3.19. The number of aromatic nitrogens is 2. The van der Waals surface area contributed by atoms with E-state index in [0.717, 1.165) is 6.42 Å². The summed E-state index contributed by atoms with van der Waals surface area (Å²) in [5.41, 5.74) is 5.57. The van der Waals surface area contributed by atoms with Crippen LogP contribution in [-0.4, -0.2) is 33.8 Å². The lowest BCUT2D eigenvalue weighted by atomic mass is 9.98. The van der Waals surface area contributed by atoms with E-state index < -0.39 is 5.60 Å². The van der Waals surface area contributed by atoms with Gasteiger partial charge in [0.25, 0.3) is 0 Å². The number of aliphatic hydroxyl groups is 1. The van der Waals surface area contributed by atoms with Crippen molar-refractivity contribution < 1.29 is 9.84 Å². The fourth-order valence-electron chi connectivity index (χ4n) is 1.58. The Balaban J connectivity index is 2.73. The molecule has 0 unspecified atom stereocenters. The van der Waals surface area contributed by atoms with E-state index in [1.807, 2.05) is 20.8 Å². The van der Waals surface area contributed by atoms with Crippen LogP contribution in [0.5, 0.6) is 5.88 Å². The van der Waals surface area contributed by atoms with Gasteiger partial charge in [-0.25, -0.2) is 4.98 Å². The van der Waals surface area contributed by atoms with Gasteiger partial charge in [-0.15, -0.1) is 0 Å². The Morgan fingerprint density at radius 1 is 1.32 bits per heavy atom. The first-order valence-corrected chi connectivity index (χ1v) is 6.75. The van der Waals surface area contributed by atoms with Gasteiger partial charge in [0.2, 0.25) is 5.88 Å². The number of nitrogens with one attached hydrogen (secondary N) is 1. The second kappa shape index (κ2) is 7.13. The van der Waals surface area contributed by atoms with Crippen molar-refractivity contribution in [3.63, 3.8) is 0 Å². The minimum Gasteiger partial charge on any atom is -0.476 e. The molecule has 1 heterocycles. The number of ether oxygens (including phenoxy) is 1. The molecule has 0 saturated heterocycles. The second-order valence-corrected chi connectivity index (χ2v) is 4.57. The zero-order valence-corrected chi connectivity index (χ0v) is 11.9. The van der Waals surface area contributed by atoms with Crippen molar-refractivity contribution in [2.45, 2.75) is 45.6 Å². The summed E-state index contributed by atoms with van der Waals surface area (Å²) in [6.07, 6.45) is 3.62. The quantitative estimate of drug-likeness (QED) is 0.666. The Morgan fingerprint density at radius 3 is 2.58 bits per heavy atom. The van der Waals surface area contributed by atoms with Crippen LogP contribution in [-0.2, 0) is 0 Å². The molecule has 0 spiro atoms. The summed E-state index contributed by atoms with van der Waals surface area (Å²) in [5, 5.41) is 13.3. The Kier molecular flexibility index (Phi) is 5.82. The van der Waals surface area contributed by atoms with E-state index in [1.165, 1.54) is 6.33 Å². The molecule has 0 fully saturated rings. The summed E-state index contributed by atoms with van der Waals surface area (Å²) < 4.78 is 5.43. The van der Waals surface area contributed by atoms with Gasteiger partial charge in [-0.1, -0.05) is 20.8 Å². The van der Waals surface area contributed by atoms with Crippen LogP contribution in [0.4, 0.5) is 11.5 Å². The van der Waals surface area contributed by atoms with Crippen LogP contribution in [0.15, 0.2) is 6.33 Å². The molecule has 0 aromatic carbocycles. The first kappa shape index (κ1) is 15.5. The van der Waals surface area contributed by atoms with Gasteiger partial charge in [-0.05, 0) is 19.3 Å². The topological polar surface area (TPSA) is 93.3 Å². The van der Waals surface area contributed by atoms with Crippen LogP contribution in [0.2, 0.25) is 0 Å². The molecule has 6 nitrogen and oxygen atoms in total. The monoisotopic (exact) mass is 268 g/mol. The molecule has 0 amide bonds. The van der Waals surface area contributed by atoms with E-state index in [0.29, 0.717) is 43.4 Å². The fourth-order valence-corrected chi connectivity index (χ4v) is 1.58. The van der Waals surface area contributed by atoms with Gasteiger partial charge in [-0.2, -0.15) is 4.98 Å². The molecule has 1 rings (SSSR count). The lowest BCUT2D eigenvalue weighted by Crippen LogP contribution is -2.35. The third-order valence-corrected chi connectivity index (χ3v) is 3.19. The van der Waals surface area contributed by atoms with Gasteiger partial charge in [0, 0.05) is 6.54 Å². The minimum absolute atomic E-state index is 0.380. The summed E-state index contributed by atoms with van der Waals surface area (Å²) in [4.78, 5) is 8.08. The third kappa shape index (κ3) is 4.24. The van der Waals surface area contributed by atoms with E-state index in [-0.39, 0.29) is 0 Å². The molecular weight excluding hydrogens is 244 g/mol. The number of hydrogen-bond acceptors (Lipinski definition) is 6. The van der Waals surface area contributed by atoms with Gasteiger partial charge in [0.1, 0.15) is 12.0 Å². The molecule has 19 heavy (non-hydrogen) atoms. The van der Waals surface area contributed by atoms with Crippen molar-refractivity contribution >= 4 is 11.5 Å². The number of hydrogen-bond donors (Lipinski definition) is 3. The zero-order valence-electron chi connectivity index (χ0n) is 11.9. The maximum atomic E-state index is 10.2. The summed E-state index contributed by atoms with van der Waals surface area (Å²) in [6.45, 7) is 6.87. The highest BCUT2D eigenvalue weighted by atomic mass is 16.5. The van der Waals surface area contributed by atoms with Crippen molar-refractivity contribution in [1.82, 2.24) is 9.97 Å². The highest BCUT2D eigenvalue weighted by Gasteiger charge is 2.22. The van der Waals surface area contributed by atoms with Gasteiger partial charge in [0.05, 0.1) is 12.2 Å². The zero-order chi connectivity index (χ0) is 14.3. The van der Waals surface area contributed by atoms with Crippen LogP contribution in [0.1, 0.15) is 40.0 Å². The molecule has 0 aliphatic carbocycles. The van der Waals surface area contributed by atoms with Crippen molar-refractivity contribution in [1.29, 1.82) is 0 Å². The van der Waals surface area contributed by atoms with Gasteiger partial charge in [-0.3, -0.25) is 0 Å². The van der Waals surface area contributed by atoms with E-state index >= 15 is 0 Å². The van der Waals surface area contributed by atoms with Gasteiger partial charge < -0.3 is 20.9 Å². The molecule has 0 radical (unpaired) electrons. The lowest BCUT2D eigenvalue weighted by Gasteiger charge is -2.26. The van der Waals surface area contributed by atoms with Crippen LogP contribution in [0.25, 0.3) is 0 Å². The summed E-state index contributed by atoms with van der Waals surface area (Å²) in [6, 6.07) is 0. The number of nitrogen functional groups attached to an aromatic ring is 1. The normalized spacial score (nSPS) is 11.4. The van der Waals surface area contributed by atoms with E-state index in [4.69, 9.17) is 10.5 Å². The van der Waals surface area contributed by atoms with Crippen molar-refractivity contribution in [3.8, 4) is 5.88 Å². The van der Waals surface area contributed by atoms with E-state index in [1.54, 1.807) is 0 Å². The summed E-state index contributed by atoms with van der Waals surface area (Å²) in [5.74, 6) is 0.886. The van der Waals surface area contributed by atoms with E-state index in [2.05, 4.69) is 15.3 Å². The van der Waals surface area contributed by atoms with Crippen molar-refractivity contribution in [2.24, 2.45) is 0 Å². The standard InChI is InChI=1S/C13H24N4O2/c1-4-7-19-12-10(14)11(16-9-17-12)15-8-13(18,5-2)6-3/h9,18H,4-8,14H2,1-3H3,(H,15,16,17). The Hall–Kier alpha value is -1.56. The smallest absolute Gasteiger partial charge is 0.242 e. The molecule has 4 N–H and O–H groups in total. The molecule has 6 heteroatoms. The Labute approximate surface area is 114 Å². The van der Waals surface area contributed by atoms with Gasteiger partial charge >= 0.3 is 0 Å². The second-order valence-electron chi connectivity index (χ2n) is 4.57. The van der Waals surface area contributed by atoms with Gasteiger partial charge in [0.15, 0.2) is 5.82 Å². The molecule has 1 aromatic rings. The Bertz CT molecular complexity index is 394. The largest absolute Gasteiger partial charge is 0.476 e. The molecule has 0 atom stereocenters. The molecular formula is C13H24N4O2. The molecule has 0 bridgehead atoms. The molecule has 108 valence electrons. The number of nitrogens with zero attached hydrogens (tertiary/aromatic N) is 2. The van der Waals surface area contributed by atoms with Crippen LogP contribution >= 0.6 is 0 Å². The van der Waals surface area contributed by atoms with E-state index in [9.17, 15) is 5.11 Å². The first-order chi connectivity index (χ1) is 9.06. The van der Waals surface area contributed by atoms with Crippen molar-refractivity contribution in [3.05, 3.63) is 6.33 Å². The maximum Gasteiger partial charge on any atom is 0.242 e. The predicted octanol–water partition coefficient (Wildman–Crippen LogP) is 1.81. The van der Waals surface area contributed by atoms with Crippen LogP contribution < -0.4 is 15.8 Å². The molecule has 0 saturated carbocycles. The van der Waals surface area contributed by atoms with Crippen LogP contribution in [0.3, 0.4) is 0 Å². The molecule has 1 aromatic heterocycles. The lowest BCUT2D eigenvalue weighted by molar-refractivity contribution is 0.0456. The fraction of sp³-hybridized carbons (Fsp3) is 0.692. The highest BCUT2D eigenvalue weighted by molar-refractivity contribution is 5.66. The predicted molar refractivity (Wildman–Crippen MR) is 76.3 cm³/mol. The van der Waals surface area contributed by atoms with Crippen molar-refractivity contribution in [2.75, 3.05) is 24.2 Å². The first-order valence-electron chi connectivity index (χ1n) is 6.75. The number of rotatable bonds is 8. The average Bonchev–Trinajstić information content (AvgIpc) is 2.44. The summed E-state index contributed by atoms with van der Waals surface area (Å²) >= 11 is 0. The maximum absolute atomic E-state index is 10.2.